The molecule has 0 radical (unpaired) electrons. The van der Waals surface area contributed by atoms with E-state index in [2.05, 4.69) is 9.71 Å². The molecule has 0 spiro atoms. The van der Waals surface area contributed by atoms with Gasteiger partial charge in [0.1, 0.15) is 11.6 Å². The average molecular weight is 417 g/mol. The van der Waals surface area contributed by atoms with Gasteiger partial charge in [-0.15, -0.1) is 0 Å². The van der Waals surface area contributed by atoms with Crippen LogP contribution in [-0.2, 0) is 16.6 Å². The zero-order valence-corrected chi connectivity index (χ0v) is 16.0. The molecule has 10 heteroatoms. The van der Waals surface area contributed by atoms with Crippen LogP contribution in [0, 0.1) is 22.9 Å². The van der Waals surface area contributed by atoms with Crippen molar-refractivity contribution in [3.8, 4) is 11.6 Å². The topological polar surface area (TPSA) is 111 Å². The summed E-state index contributed by atoms with van der Waals surface area (Å²) in [4.78, 5) is 14.3. The van der Waals surface area contributed by atoms with E-state index < -0.39 is 20.8 Å². The number of halogens is 1. The SMILES string of the molecule is Cc1c([N+](=O)[O-])cccc1S(=O)(=O)NCc1ccc(Oc2cccc(F)c2)nc1. The number of nitro groups is 1. The van der Waals surface area contributed by atoms with Crippen LogP contribution in [-0.4, -0.2) is 18.3 Å². The van der Waals surface area contributed by atoms with Crippen LogP contribution >= 0.6 is 0 Å². The number of aromatic nitrogens is 1. The fourth-order valence-electron chi connectivity index (χ4n) is 2.57. The van der Waals surface area contributed by atoms with Gasteiger partial charge in [0.2, 0.25) is 15.9 Å². The number of sulfonamides is 1. The normalized spacial score (nSPS) is 11.2. The van der Waals surface area contributed by atoms with Gasteiger partial charge >= 0.3 is 0 Å². The Bertz CT molecular complexity index is 1150. The first-order chi connectivity index (χ1) is 13.8. The maximum atomic E-state index is 13.2. The first-order valence-corrected chi connectivity index (χ1v) is 9.86. The van der Waals surface area contributed by atoms with Crippen LogP contribution in [0.1, 0.15) is 11.1 Å². The molecule has 0 amide bonds. The van der Waals surface area contributed by atoms with Crippen LogP contribution in [0.15, 0.2) is 65.7 Å². The highest BCUT2D eigenvalue weighted by atomic mass is 32.2. The molecule has 0 aliphatic carbocycles. The number of nitrogens with zero attached hydrogens (tertiary/aromatic N) is 2. The molecule has 0 aliphatic rings. The minimum absolute atomic E-state index is 0.0574. The predicted octanol–water partition coefficient (Wildman–Crippen LogP) is 3.71. The van der Waals surface area contributed by atoms with Crippen LogP contribution < -0.4 is 9.46 Å². The maximum Gasteiger partial charge on any atom is 0.273 e. The molecule has 0 fully saturated rings. The van der Waals surface area contributed by atoms with Crippen molar-refractivity contribution in [2.45, 2.75) is 18.4 Å². The number of hydrogen-bond donors (Lipinski definition) is 1. The maximum absolute atomic E-state index is 13.2. The lowest BCUT2D eigenvalue weighted by atomic mass is 10.2. The van der Waals surface area contributed by atoms with E-state index in [9.17, 15) is 22.9 Å². The molecule has 0 unspecified atom stereocenters. The van der Waals surface area contributed by atoms with Crippen molar-refractivity contribution in [3.63, 3.8) is 0 Å². The third kappa shape index (κ3) is 4.92. The Balaban J connectivity index is 1.69. The minimum atomic E-state index is -3.96. The van der Waals surface area contributed by atoms with Gasteiger partial charge in [0.15, 0.2) is 0 Å². The highest BCUT2D eigenvalue weighted by molar-refractivity contribution is 7.89. The van der Waals surface area contributed by atoms with Crippen LogP contribution in [0.3, 0.4) is 0 Å². The second kappa shape index (κ2) is 8.33. The van der Waals surface area contributed by atoms with E-state index in [0.717, 1.165) is 0 Å². The molecular formula is C19H16FN3O5S. The highest BCUT2D eigenvalue weighted by Gasteiger charge is 2.22. The molecule has 2 aromatic carbocycles. The Morgan fingerprint density at radius 2 is 1.93 bits per heavy atom. The third-order valence-corrected chi connectivity index (χ3v) is 5.57. The van der Waals surface area contributed by atoms with E-state index in [1.807, 2.05) is 0 Å². The smallest absolute Gasteiger partial charge is 0.273 e. The van der Waals surface area contributed by atoms with Crippen LogP contribution in [0.25, 0.3) is 0 Å². The molecule has 1 N–H and O–H groups in total. The Kier molecular flexibility index (Phi) is 5.85. The number of hydrogen-bond acceptors (Lipinski definition) is 6. The molecule has 3 aromatic rings. The number of pyridine rings is 1. The lowest BCUT2D eigenvalue weighted by Gasteiger charge is -2.10. The van der Waals surface area contributed by atoms with Crippen molar-refractivity contribution in [3.05, 3.63) is 87.9 Å². The van der Waals surface area contributed by atoms with Gasteiger partial charge in [-0.05, 0) is 30.7 Å². The summed E-state index contributed by atoms with van der Waals surface area (Å²) in [5, 5.41) is 11.0. The zero-order valence-electron chi connectivity index (χ0n) is 15.2. The molecule has 150 valence electrons. The largest absolute Gasteiger partial charge is 0.439 e. The average Bonchev–Trinajstić information content (AvgIpc) is 2.67. The summed E-state index contributed by atoms with van der Waals surface area (Å²) in [5.41, 5.74) is 0.332. The summed E-state index contributed by atoms with van der Waals surface area (Å²) < 4.78 is 46.1. The Morgan fingerprint density at radius 3 is 2.59 bits per heavy atom. The quantitative estimate of drug-likeness (QED) is 0.463. The van der Waals surface area contributed by atoms with E-state index in [1.54, 1.807) is 12.1 Å². The molecule has 0 atom stereocenters. The van der Waals surface area contributed by atoms with Gasteiger partial charge in [0.05, 0.1) is 9.82 Å². The molecule has 8 nitrogen and oxygen atoms in total. The summed E-state index contributed by atoms with van der Waals surface area (Å²) in [6, 6.07) is 12.6. The predicted molar refractivity (Wildman–Crippen MR) is 103 cm³/mol. The fraction of sp³-hybridized carbons (Fsp3) is 0.105. The van der Waals surface area contributed by atoms with Crippen LogP contribution in [0.2, 0.25) is 0 Å². The van der Waals surface area contributed by atoms with Crippen molar-refractivity contribution >= 4 is 15.7 Å². The number of ether oxygens (including phenoxy) is 1. The number of nitro benzene ring substituents is 1. The van der Waals surface area contributed by atoms with E-state index in [1.165, 1.54) is 55.6 Å². The van der Waals surface area contributed by atoms with Crippen molar-refractivity contribution in [2.24, 2.45) is 0 Å². The second-order valence-corrected chi connectivity index (χ2v) is 7.78. The third-order valence-electron chi connectivity index (χ3n) is 4.02. The van der Waals surface area contributed by atoms with Crippen LogP contribution in [0.5, 0.6) is 11.6 Å². The van der Waals surface area contributed by atoms with E-state index in [0.29, 0.717) is 5.56 Å². The Hall–Kier alpha value is -3.37. The van der Waals surface area contributed by atoms with Crippen molar-refractivity contribution in [1.29, 1.82) is 0 Å². The van der Waals surface area contributed by atoms with Crippen LogP contribution in [0.4, 0.5) is 10.1 Å². The van der Waals surface area contributed by atoms with E-state index in [4.69, 9.17) is 4.74 Å². The monoisotopic (exact) mass is 417 g/mol. The van der Waals surface area contributed by atoms with Gasteiger partial charge in [-0.25, -0.2) is 22.5 Å². The van der Waals surface area contributed by atoms with E-state index >= 15 is 0 Å². The minimum Gasteiger partial charge on any atom is -0.439 e. The second-order valence-electron chi connectivity index (χ2n) is 6.05. The van der Waals surface area contributed by atoms with Gasteiger partial charge in [0.25, 0.3) is 5.69 Å². The van der Waals surface area contributed by atoms with Gasteiger partial charge in [-0.1, -0.05) is 18.2 Å². The van der Waals surface area contributed by atoms with E-state index in [-0.39, 0.29) is 34.3 Å². The molecule has 3 rings (SSSR count). The summed E-state index contributed by atoms with van der Waals surface area (Å²) in [7, 11) is -3.96. The molecule has 0 bridgehead atoms. The lowest BCUT2D eigenvalue weighted by Crippen LogP contribution is -2.24. The number of nitrogens with one attached hydrogen (secondary N) is 1. The van der Waals surface area contributed by atoms with Gasteiger partial charge in [-0.3, -0.25) is 10.1 Å². The molecule has 1 aromatic heterocycles. The molecule has 29 heavy (non-hydrogen) atoms. The molecule has 0 saturated heterocycles. The van der Waals surface area contributed by atoms with Gasteiger partial charge in [0, 0.05) is 36.5 Å². The summed E-state index contributed by atoms with van der Waals surface area (Å²) in [6.45, 7) is 1.31. The molecular weight excluding hydrogens is 401 g/mol. The van der Waals surface area contributed by atoms with Crippen molar-refractivity contribution in [1.82, 2.24) is 9.71 Å². The van der Waals surface area contributed by atoms with Crippen molar-refractivity contribution in [2.75, 3.05) is 0 Å². The first-order valence-electron chi connectivity index (χ1n) is 8.38. The number of rotatable bonds is 7. The lowest BCUT2D eigenvalue weighted by molar-refractivity contribution is -0.385. The zero-order chi connectivity index (χ0) is 21.0. The van der Waals surface area contributed by atoms with Gasteiger partial charge in [-0.2, -0.15) is 0 Å². The summed E-state index contributed by atoms with van der Waals surface area (Å²) >= 11 is 0. The molecule has 1 heterocycles. The highest BCUT2D eigenvalue weighted by Crippen LogP contribution is 2.25. The fourth-order valence-corrected chi connectivity index (χ4v) is 3.85. The molecule has 0 saturated carbocycles. The Morgan fingerprint density at radius 1 is 1.17 bits per heavy atom. The standard InChI is InChI=1S/C19H16FN3O5S/c1-13-17(23(24)25)6-3-7-18(13)29(26,27)22-12-14-8-9-19(21-11-14)28-16-5-2-4-15(20)10-16/h2-11,22H,12H2,1H3. The summed E-state index contributed by atoms with van der Waals surface area (Å²) in [5.74, 6) is 0.0637. The van der Waals surface area contributed by atoms with Crippen molar-refractivity contribution < 1.29 is 22.5 Å². The first kappa shape index (κ1) is 20.4. The molecule has 0 aliphatic heterocycles. The van der Waals surface area contributed by atoms with Gasteiger partial charge < -0.3 is 4.74 Å². The number of benzene rings is 2. The summed E-state index contributed by atoms with van der Waals surface area (Å²) in [6.07, 6.45) is 1.41. The Labute approximate surface area is 166 Å².